The zero-order chi connectivity index (χ0) is 21.2. The third-order valence-corrected chi connectivity index (χ3v) is 5.26. The number of nitrogens with two attached hydrogens (primary N) is 1. The van der Waals surface area contributed by atoms with Crippen molar-refractivity contribution < 1.29 is 29.3 Å². The summed E-state index contributed by atoms with van der Waals surface area (Å²) < 4.78 is 10.9. The van der Waals surface area contributed by atoms with Gasteiger partial charge in [-0.3, -0.25) is 9.59 Å². The number of aliphatic hydroxyl groups is 2. The van der Waals surface area contributed by atoms with E-state index >= 15 is 0 Å². The van der Waals surface area contributed by atoms with Gasteiger partial charge in [0.1, 0.15) is 24.9 Å². The number of ether oxygens (including phenoxy) is 2. The topological polar surface area (TPSA) is 122 Å². The minimum absolute atomic E-state index is 0.131. The maximum atomic E-state index is 11.9. The second-order valence-electron chi connectivity index (χ2n) is 7.66. The molecular formula is C21H34N2O6. The van der Waals surface area contributed by atoms with Crippen molar-refractivity contribution in [1.29, 1.82) is 0 Å². The largest absolute Gasteiger partial charge is 0.463 e. The Kier molecular flexibility index (Phi) is 9.63. The molecule has 2 heterocycles. The van der Waals surface area contributed by atoms with Gasteiger partial charge in [0.15, 0.2) is 6.23 Å². The monoisotopic (exact) mass is 410 g/mol. The number of allylic oxidation sites excluding steroid dienone is 1. The number of hydrogen-bond donors (Lipinski definition) is 3. The van der Waals surface area contributed by atoms with Crippen molar-refractivity contribution in [2.75, 3.05) is 6.61 Å². The standard InChI is InChI=1S/C21H34N2O6/c1-2-3-4-5-6-7-8-11-17(24)28-14-16-18(25)19(26)21(29-16)23-12-9-10-15(13-23)20(22)27/h9,12-13,16,18-19,21,25-26H,2-8,10-11,14H2,1H3,(H2,22,27)/t16?,18?,19-,21?/m1/s1. The molecule has 0 saturated carbocycles. The number of rotatable bonds is 12. The van der Waals surface area contributed by atoms with Gasteiger partial charge >= 0.3 is 5.97 Å². The van der Waals surface area contributed by atoms with Crippen molar-refractivity contribution in [2.24, 2.45) is 5.73 Å². The van der Waals surface area contributed by atoms with Crippen LogP contribution in [0.1, 0.15) is 64.7 Å². The molecule has 29 heavy (non-hydrogen) atoms. The molecule has 0 aromatic heterocycles. The first kappa shape index (κ1) is 23.4. The zero-order valence-electron chi connectivity index (χ0n) is 17.2. The van der Waals surface area contributed by atoms with E-state index in [9.17, 15) is 19.8 Å². The number of hydrogen-bond acceptors (Lipinski definition) is 7. The van der Waals surface area contributed by atoms with Gasteiger partial charge in [-0.2, -0.15) is 0 Å². The maximum Gasteiger partial charge on any atom is 0.305 e. The number of amides is 1. The van der Waals surface area contributed by atoms with Gasteiger partial charge in [-0.15, -0.1) is 0 Å². The fraction of sp³-hybridized carbons (Fsp3) is 0.714. The first-order valence-electron chi connectivity index (χ1n) is 10.6. The first-order chi connectivity index (χ1) is 13.9. The van der Waals surface area contributed by atoms with E-state index in [4.69, 9.17) is 15.2 Å². The smallest absolute Gasteiger partial charge is 0.305 e. The molecule has 1 fully saturated rings. The highest BCUT2D eigenvalue weighted by atomic mass is 16.6. The molecule has 4 N–H and O–H groups in total. The molecule has 0 spiro atoms. The maximum absolute atomic E-state index is 11.9. The summed E-state index contributed by atoms with van der Waals surface area (Å²) in [5.74, 6) is -0.885. The fourth-order valence-electron chi connectivity index (χ4n) is 3.49. The first-order valence-corrected chi connectivity index (χ1v) is 10.6. The molecule has 1 saturated heterocycles. The number of nitrogens with zero attached hydrogens (tertiary/aromatic N) is 1. The van der Waals surface area contributed by atoms with Gasteiger partial charge in [-0.25, -0.2) is 0 Å². The predicted molar refractivity (Wildman–Crippen MR) is 107 cm³/mol. The number of carbonyl (C=O) groups is 2. The van der Waals surface area contributed by atoms with Crippen LogP contribution >= 0.6 is 0 Å². The van der Waals surface area contributed by atoms with E-state index in [2.05, 4.69) is 6.92 Å². The second kappa shape index (κ2) is 11.9. The van der Waals surface area contributed by atoms with Gasteiger partial charge in [-0.05, 0) is 12.8 Å². The van der Waals surface area contributed by atoms with Gasteiger partial charge in [0.2, 0.25) is 5.91 Å². The molecule has 3 unspecified atom stereocenters. The summed E-state index contributed by atoms with van der Waals surface area (Å²) >= 11 is 0. The molecular weight excluding hydrogens is 376 g/mol. The van der Waals surface area contributed by atoms with Crippen LogP contribution in [0.4, 0.5) is 0 Å². The second-order valence-corrected chi connectivity index (χ2v) is 7.66. The van der Waals surface area contributed by atoms with Gasteiger partial charge in [0.25, 0.3) is 0 Å². The quantitative estimate of drug-likeness (QED) is 0.331. The van der Waals surface area contributed by atoms with Crippen molar-refractivity contribution in [3.8, 4) is 0 Å². The van der Waals surface area contributed by atoms with Crippen LogP contribution in [0.5, 0.6) is 0 Å². The molecule has 0 bridgehead atoms. The third-order valence-electron chi connectivity index (χ3n) is 5.26. The molecule has 164 valence electrons. The van der Waals surface area contributed by atoms with E-state index in [0.29, 0.717) is 18.4 Å². The molecule has 2 aliphatic heterocycles. The van der Waals surface area contributed by atoms with E-state index in [1.807, 2.05) is 0 Å². The van der Waals surface area contributed by atoms with Crippen molar-refractivity contribution in [3.63, 3.8) is 0 Å². The minimum atomic E-state index is -1.21. The van der Waals surface area contributed by atoms with Gasteiger partial charge in [0.05, 0.1) is 0 Å². The summed E-state index contributed by atoms with van der Waals surface area (Å²) in [6, 6.07) is 0. The van der Waals surface area contributed by atoms with E-state index in [0.717, 1.165) is 19.3 Å². The number of unbranched alkanes of at least 4 members (excludes halogenated alkanes) is 6. The molecule has 2 aliphatic rings. The lowest BCUT2D eigenvalue weighted by Gasteiger charge is -2.28. The zero-order valence-corrected chi connectivity index (χ0v) is 17.2. The Labute approximate surface area is 172 Å². The van der Waals surface area contributed by atoms with Gasteiger partial charge < -0.3 is 30.3 Å². The van der Waals surface area contributed by atoms with Crippen LogP contribution in [-0.4, -0.2) is 58.1 Å². The van der Waals surface area contributed by atoms with Crippen molar-refractivity contribution in [2.45, 2.75) is 89.3 Å². The van der Waals surface area contributed by atoms with E-state index in [1.54, 1.807) is 12.3 Å². The molecule has 2 rings (SSSR count). The minimum Gasteiger partial charge on any atom is -0.463 e. The number of esters is 1. The van der Waals surface area contributed by atoms with Crippen LogP contribution in [0, 0.1) is 0 Å². The molecule has 8 nitrogen and oxygen atoms in total. The van der Waals surface area contributed by atoms with E-state index in [1.165, 1.54) is 36.8 Å². The Morgan fingerprint density at radius 1 is 1.17 bits per heavy atom. The molecule has 1 amide bonds. The van der Waals surface area contributed by atoms with Crippen LogP contribution in [0.25, 0.3) is 0 Å². The van der Waals surface area contributed by atoms with Crippen molar-refractivity contribution in [3.05, 3.63) is 24.0 Å². The Morgan fingerprint density at radius 3 is 2.55 bits per heavy atom. The molecule has 0 aromatic carbocycles. The fourth-order valence-corrected chi connectivity index (χ4v) is 3.49. The molecule has 0 radical (unpaired) electrons. The van der Waals surface area contributed by atoms with E-state index < -0.39 is 30.4 Å². The lowest BCUT2D eigenvalue weighted by Crippen LogP contribution is -2.40. The lowest BCUT2D eigenvalue weighted by atomic mass is 10.1. The van der Waals surface area contributed by atoms with Crippen LogP contribution < -0.4 is 5.73 Å². The summed E-state index contributed by atoms with van der Waals surface area (Å²) in [7, 11) is 0. The number of carbonyl (C=O) groups excluding carboxylic acids is 2. The third kappa shape index (κ3) is 7.13. The molecule has 0 aliphatic carbocycles. The Bertz CT molecular complexity index is 606. The summed E-state index contributed by atoms with van der Waals surface area (Å²) in [4.78, 5) is 24.8. The predicted octanol–water partition coefficient (Wildman–Crippen LogP) is 1.71. The van der Waals surface area contributed by atoms with Crippen LogP contribution in [0.2, 0.25) is 0 Å². The normalized spacial score (nSPS) is 26.4. The van der Waals surface area contributed by atoms with Crippen LogP contribution in [0.3, 0.4) is 0 Å². The highest BCUT2D eigenvalue weighted by Crippen LogP contribution is 2.27. The summed E-state index contributed by atoms with van der Waals surface area (Å²) in [6.45, 7) is 2.05. The SMILES string of the molecule is CCCCCCCCCC(=O)OCC1OC(N2C=CCC(C(N)=O)=C2)[C@H](O)C1O. The number of aliphatic hydroxyl groups excluding tert-OH is 2. The summed E-state index contributed by atoms with van der Waals surface area (Å²) in [5.41, 5.74) is 5.68. The van der Waals surface area contributed by atoms with Crippen molar-refractivity contribution in [1.82, 2.24) is 4.90 Å². The Morgan fingerprint density at radius 2 is 1.86 bits per heavy atom. The Balaban J connectivity index is 1.72. The molecule has 4 atom stereocenters. The lowest BCUT2D eigenvalue weighted by molar-refractivity contribution is -0.150. The molecule has 8 heteroatoms. The molecule has 0 aromatic rings. The van der Waals surface area contributed by atoms with Gasteiger partial charge in [0, 0.05) is 24.4 Å². The van der Waals surface area contributed by atoms with E-state index in [-0.39, 0.29) is 12.6 Å². The van der Waals surface area contributed by atoms with Crippen LogP contribution in [-0.2, 0) is 19.1 Å². The highest BCUT2D eigenvalue weighted by Gasteiger charge is 2.45. The van der Waals surface area contributed by atoms with Crippen LogP contribution in [0.15, 0.2) is 24.0 Å². The summed E-state index contributed by atoms with van der Waals surface area (Å²) in [6.07, 6.45) is 9.27. The average molecular weight is 411 g/mol. The summed E-state index contributed by atoms with van der Waals surface area (Å²) in [5, 5.41) is 20.5. The average Bonchev–Trinajstić information content (AvgIpc) is 3.00. The van der Waals surface area contributed by atoms with Gasteiger partial charge in [-0.1, -0.05) is 51.5 Å². The Hall–Kier alpha value is -1.90. The number of primary amides is 1. The van der Waals surface area contributed by atoms with Crippen molar-refractivity contribution >= 4 is 11.9 Å². The highest BCUT2D eigenvalue weighted by molar-refractivity contribution is 5.92.